The van der Waals surface area contributed by atoms with Gasteiger partial charge in [-0.05, 0) is 18.6 Å². The highest BCUT2D eigenvalue weighted by atomic mass is 16.6. The van der Waals surface area contributed by atoms with Crippen LogP contribution in [0.15, 0.2) is 36.7 Å². The number of anilines is 1. The van der Waals surface area contributed by atoms with Gasteiger partial charge < -0.3 is 0 Å². The Labute approximate surface area is 123 Å². The van der Waals surface area contributed by atoms with Gasteiger partial charge in [0.05, 0.1) is 4.92 Å². The summed E-state index contributed by atoms with van der Waals surface area (Å²) in [5.74, 6) is -0.0970. The third kappa shape index (κ3) is 2.46. The molecule has 0 fully saturated rings. The molecule has 2 aromatic heterocycles. The third-order valence-corrected chi connectivity index (χ3v) is 3.02. The molecule has 3 aromatic rings. The van der Waals surface area contributed by atoms with Crippen LogP contribution in [0.3, 0.4) is 0 Å². The van der Waals surface area contributed by atoms with Gasteiger partial charge in [0.2, 0.25) is 0 Å². The summed E-state index contributed by atoms with van der Waals surface area (Å²) in [5, 5.41) is 17.4. The summed E-state index contributed by atoms with van der Waals surface area (Å²) >= 11 is 0. The lowest BCUT2D eigenvalue weighted by Crippen LogP contribution is -2.14. The number of fused-ring (bicyclic) bond motifs is 1. The average Bonchev–Trinajstić information content (AvgIpc) is 2.89. The number of amides is 1. The van der Waals surface area contributed by atoms with Crippen molar-refractivity contribution in [1.82, 2.24) is 19.6 Å². The van der Waals surface area contributed by atoms with Gasteiger partial charge in [0.15, 0.2) is 0 Å². The van der Waals surface area contributed by atoms with E-state index in [1.807, 2.05) is 0 Å². The van der Waals surface area contributed by atoms with Gasteiger partial charge >= 0.3 is 0 Å². The molecule has 1 amide bonds. The molecule has 0 aliphatic rings. The van der Waals surface area contributed by atoms with Crippen molar-refractivity contribution in [2.24, 2.45) is 0 Å². The van der Waals surface area contributed by atoms with Crippen molar-refractivity contribution >= 4 is 23.3 Å². The van der Waals surface area contributed by atoms with Crippen molar-refractivity contribution in [2.45, 2.75) is 6.92 Å². The van der Waals surface area contributed by atoms with E-state index in [1.165, 1.54) is 22.7 Å². The predicted molar refractivity (Wildman–Crippen MR) is 76.6 cm³/mol. The first-order chi connectivity index (χ1) is 10.5. The lowest BCUT2D eigenvalue weighted by molar-refractivity contribution is -0.384. The summed E-state index contributed by atoms with van der Waals surface area (Å²) in [4.78, 5) is 30.5. The number of nitro groups is 1. The van der Waals surface area contributed by atoms with Crippen LogP contribution in [0.1, 0.15) is 15.9 Å². The van der Waals surface area contributed by atoms with Crippen LogP contribution in [0.25, 0.3) is 5.78 Å². The van der Waals surface area contributed by atoms with Crippen molar-refractivity contribution in [3.8, 4) is 0 Å². The van der Waals surface area contributed by atoms with Gasteiger partial charge in [-0.25, -0.2) is 9.50 Å². The number of rotatable bonds is 3. The molecule has 0 saturated heterocycles. The smallest absolute Gasteiger partial charge is 0.270 e. The molecule has 0 radical (unpaired) electrons. The minimum absolute atomic E-state index is 0.0783. The molecule has 2 heterocycles. The monoisotopic (exact) mass is 298 g/mol. The fraction of sp³-hybridized carbons (Fsp3) is 0.0769. The molecular weight excluding hydrogens is 288 g/mol. The van der Waals surface area contributed by atoms with E-state index in [9.17, 15) is 14.9 Å². The van der Waals surface area contributed by atoms with Crippen LogP contribution in [0.2, 0.25) is 0 Å². The quantitative estimate of drug-likeness (QED) is 0.580. The molecule has 0 aliphatic heterocycles. The maximum atomic E-state index is 12.2. The molecule has 9 nitrogen and oxygen atoms in total. The van der Waals surface area contributed by atoms with Crippen molar-refractivity contribution in [3.63, 3.8) is 0 Å². The molecule has 9 heteroatoms. The number of nitro benzene ring substituents is 1. The maximum absolute atomic E-state index is 12.2. The Balaban J connectivity index is 1.91. The number of aryl methyl sites for hydroxylation is 1. The Morgan fingerprint density at radius 1 is 1.41 bits per heavy atom. The Morgan fingerprint density at radius 3 is 2.95 bits per heavy atom. The van der Waals surface area contributed by atoms with Gasteiger partial charge in [-0.1, -0.05) is 6.07 Å². The molecule has 0 unspecified atom stereocenters. The number of nitrogens with zero attached hydrogens (tertiary/aromatic N) is 5. The molecule has 1 aromatic carbocycles. The first kappa shape index (κ1) is 13.6. The summed E-state index contributed by atoms with van der Waals surface area (Å²) in [6.07, 6.45) is 3.20. The maximum Gasteiger partial charge on any atom is 0.270 e. The predicted octanol–water partition coefficient (Wildman–Crippen LogP) is 1.59. The largest absolute Gasteiger partial charge is 0.289 e. The van der Waals surface area contributed by atoms with E-state index in [0.717, 1.165) is 0 Å². The van der Waals surface area contributed by atoms with Crippen molar-refractivity contribution in [2.75, 3.05) is 5.32 Å². The summed E-state index contributed by atoms with van der Waals surface area (Å²) < 4.78 is 1.41. The Hall–Kier alpha value is -3.36. The van der Waals surface area contributed by atoms with Crippen LogP contribution in [0, 0.1) is 17.0 Å². The van der Waals surface area contributed by atoms with Crippen molar-refractivity contribution in [3.05, 3.63) is 57.9 Å². The second kappa shape index (κ2) is 5.20. The van der Waals surface area contributed by atoms with Gasteiger partial charge in [0.1, 0.15) is 0 Å². The van der Waals surface area contributed by atoms with Gasteiger partial charge in [-0.3, -0.25) is 20.2 Å². The first-order valence-electron chi connectivity index (χ1n) is 6.28. The Morgan fingerprint density at radius 2 is 2.23 bits per heavy atom. The summed E-state index contributed by atoms with van der Waals surface area (Å²) in [6, 6.07) is 5.77. The highest BCUT2D eigenvalue weighted by Crippen LogP contribution is 2.18. The van der Waals surface area contributed by atoms with Crippen LogP contribution >= 0.6 is 0 Å². The number of benzene rings is 1. The number of carbonyl (C=O) groups is 1. The standard InChI is InChI=1S/C13H10N6O3/c1-8-3-4-9(19(21)22)7-10(8)11(20)15-12-16-13-14-5-2-6-18(13)17-12/h2-7H,1H3,(H,15,17,20). The highest BCUT2D eigenvalue weighted by Gasteiger charge is 2.16. The van der Waals surface area contributed by atoms with Gasteiger partial charge in [-0.2, -0.15) is 4.98 Å². The SMILES string of the molecule is Cc1ccc([N+](=O)[O-])cc1C(=O)Nc1nc2ncccn2n1. The molecule has 1 N–H and O–H groups in total. The molecule has 3 rings (SSSR count). The molecule has 110 valence electrons. The fourth-order valence-electron chi connectivity index (χ4n) is 1.92. The highest BCUT2D eigenvalue weighted by molar-refractivity contribution is 6.04. The minimum atomic E-state index is -0.552. The second-order valence-electron chi connectivity index (χ2n) is 4.51. The fourth-order valence-corrected chi connectivity index (χ4v) is 1.92. The molecule has 22 heavy (non-hydrogen) atoms. The number of hydrogen-bond donors (Lipinski definition) is 1. The van der Waals surface area contributed by atoms with E-state index in [1.54, 1.807) is 25.4 Å². The van der Waals surface area contributed by atoms with E-state index < -0.39 is 10.8 Å². The summed E-state index contributed by atoms with van der Waals surface area (Å²) in [6.45, 7) is 1.69. The van der Waals surface area contributed by atoms with Crippen LogP contribution in [0.4, 0.5) is 11.6 Å². The Kier molecular flexibility index (Phi) is 3.22. The number of hydrogen-bond acceptors (Lipinski definition) is 6. The zero-order chi connectivity index (χ0) is 15.7. The first-order valence-corrected chi connectivity index (χ1v) is 6.28. The van der Waals surface area contributed by atoms with Gasteiger partial charge in [-0.15, -0.1) is 5.10 Å². The van der Waals surface area contributed by atoms with E-state index >= 15 is 0 Å². The number of nitrogens with one attached hydrogen (secondary N) is 1. The zero-order valence-electron chi connectivity index (χ0n) is 11.4. The average molecular weight is 298 g/mol. The lowest BCUT2D eigenvalue weighted by Gasteiger charge is -2.04. The number of non-ortho nitro benzene ring substituents is 1. The van der Waals surface area contributed by atoms with Crippen LogP contribution in [-0.2, 0) is 0 Å². The molecule has 0 atom stereocenters. The third-order valence-electron chi connectivity index (χ3n) is 3.02. The minimum Gasteiger partial charge on any atom is -0.289 e. The van der Waals surface area contributed by atoms with Crippen LogP contribution in [-0.4, -0.2) is 30.4 Å². The molecule has 0 saturated carbocycles. The topological polar surface area (TPSA) is 115 Å². The number of aromatic nitrogens is 4. The van der Waals surface area contributed by atoms with E-state index in [-0.39, 0.29) is 17.2 Å². The van der Waals surface area contributed by atoms with E-state index in [4.69, 9.17) is 0 Å². The van der Waals surface area contributed by atoms with Crippen LogP contribution in [0.5, 0.6) is 0 Å². The molecule has 0 spiro atoms. The summed E-state index contributed by atoms with van der Waals surface area (Å²) in [5.41, 5.74) is 0.659. The second-order valence-corrected chi connectivity index (χ2v) is 4.51. The van der Waals surface area contributed by atoms with Crippen molar-refractivity contribution < 1.29 is 9.72 Å². The molecule has 0 aliphatic carbocycles. The van der Waals surface area contributed by atoms with Gasteiger partial charge in [0, 0.05) is 30.1 Å². The lowest BCUT2D eigenvalue weighted by atomic mass is 10.1. The zero-order valence-corrected chi connectivity index (χ0v) is 11.4. The Bertz CT molecular complexity index is 855. The van der Waals surface area contributed by atoms with E-state index in [0.29, 0.717) is 11.3 Å². The van der Waals surface area contributed by atoms with E-state index in [2.05, 4.69) is 20.4 Å². The normalized spacial score (nSPS) is 10.6. The summed E-state index contributed by atoms with van der Waals surface area (Å²) in [7, 11) is 0. The molecule has 0 bridgehead atoms. The van der Waals surface area contributed by atoms with Crippen LogP contribution < -0.4 is 5.32 Å². The van der Waals surface area contributed by atoms with Crippen molar-refractivity contribution in [1.29, 1.82) is 0 Å². The van der Waals surface area contributed by atoms with Gasteiger partial charge in [0.25, 0.3) is 23.3 Å². The number of carbonyl (C=O) groups excluding carboxylic acids is 1. The molecular formula is C13H10N6O3.